The lowest BCUT2D eigenvalue weighted by molar-refractivity contribution is -0.112. The molecule has 0 saturated heterocycles. The molecule has 2 rings (SSSR count). The van der Waals surface area contributed by atoms with E-state index in [-0.39, 0.29) is 18.4 Å². The molecule has 8 nitrogen and oxygen atoms in total. The quantitative estimate of drug-likeness (QED) is 0.364. The molecule has 0 saturated carbocycles. The van der Waals surface area contributed by atoms with Gasteiger partial charge in [0.25, 0.3) is 5.91 Å². The van der Waals surface area contributed by atoms with Crippen molar-refractivity contribution in [1.29, 1.82) is 0 Å². The number of carbonyl (C=O) groups is 2. The van der Waals surface area contributed by atoms with Crippen molar-refractivity contribution >= 4 is 17.7 Å². The number of aliphatic hydroxyl groups excluding tert-OH is 1. The van der Waals surface area contributed by atoms with Gasteiger partial charge in [-0.1, -0.05) is 26.0 Å². The van der Waals surface area contributed by atoms with Crippen molar-refractivity contribution in [3.05, 3.63) is 52.4 Å². The summed E-state index contributed by atoms with van der Waals surface area (Å²) in [6.07, 6.45) is -0.381. The highest BCUT2D eigenvalue weighted by Gasteiger charge is 2.31. The van der Waals surface area contributed by atoms with Gasteiger partial charge in [0.2, 0.25) is 0 Å². The minimum absolute atomic E-state index is 0.190. The summed E-state index contributed by atoms with van der Waals surface area (Å²) < 4.78 is 60.7. The molecule has 0 unspecified atom stereocenters. The Labute approximate surface area is 227 Å². The third-order valence-electron chi connectivity index (χ3n) is 7.02. The molecule has 0 radical (unpaired) electrons. The zero-order valence-electron chi connectivity index (χ0n) is 23.2. The third kappa shape index (κ3) is 8.55. The molecule has 218 valence electrons. The molecule has 2 amide bonds. The Morgan fingerprint density at radius 1 is 1.10 bits per heavy atom. The maximum atomic E-state index is 15.3. The molecule has 1 aromatic carbocycles. The smallest absolute Gasteiger partial charge is 0.405 e. The van der Waals surface area contributed by atoms with Crippen molar-refractivity contribution in [3.63, 3.8) is 0 Å². The van der Waals surface area contributed by atoms with Gasteiger partial charge >= 0.3 is 6.09 Å². The maximum absolute atomic E-state index is 15.3. The van der Waals surface area contributed by atoms with Gasteiger partial charge in [0, 0.05) is 37.3 Å². The maximum Gasteiger partial charge on any atom is 0.405 e. The number of nitrogens with two attached hydrogens (primary N) is 1. The summed E-state index contributed by atoms with van der Waals surface area (Å²) in [7, 11) is 2.85. The average Bonchev–Trinajstić information content (AvgIpc) is 2.88. The van der Waals surface area contributed by atoms with Gasteiger partial charge in [0.05, 0.1) is 24.0 Å². The van der Waals surface area contributed by atoms with Crippen LogP contribution in [0.15, 0.2) is 29.4 Å². The Balaban J connectivity index is 2.56. The second-order valence-corrected chi connectivity index (χ2v) is 10.1. The van der Waals surface area contributed by atoms with E-state index in [0.29, 0.717) is 24.5 Å². The molecule has 1 aliphatic heterocycles. The molecular formula is C28H39F3N2O6. The average molecular weight is 557 g/mol. The van der Waals surface area contributed by atoms with Gasteiger partial charge in [-0.2, -0.15) is 0 Å². The molecule has 0 aromatic heterocycles. The fourth-order valence-corrected chi connectivity index (χ4v) is 4.83. The van der Waals surface area contributed by atoms with Gasteiger partial charge in [0.15, 0.2) is 23.6 Å². The number of halogens is 3. The summed E-state index contributed by atoms with van der Waals surface area (Å²) in [6.45, 7) is 6.66. The summed E-state index contributed by atoms with van der Waals surface area (Å²) in [6, 6.07) is 0.608. The van der Waals surface area contributed by atoms with E-state index in [4.69, 9.17) is 19.9 Å². The zero-order valence-corrected chi connectivity index (χ0v) is 23.2. The van der Waals surface area contributed by atoms with E-state index in [1.807, 2.05) is 0 Å². The van der Waals surface area contributed by atoms with Gasteiger partial charge in [-0.15, -0.1) is 0 Å². The molecule has 1 aromatic rings. The number of rotatable bonds is 3. The van der Waals surface area contributed by atoms with E-state index in [1.165, 1.54) is 21.1 Å². The summed E-state index contributed by atoms with van der Waals surface area (Å²) >= 11 is 0. The van der Waals surface area contributed by atoms with Crippen LogP contribution in [-0.2, 0) is 25.4 Å². The van der Waals surface area contributed by atoms with E-state index in [2.05, 4.69) is 5.32 Å². The van der Waals surface area contributed by atoms with Crippen LogP contribution < -0.4 is 11.1 Å². The first kappa shape index (κ1) is 32.3. The van der Waals surface area contributed by atoms with Gasteiger partial charge < -0.3 is 30.4 Å². The number of primary amides is 1. The number of aliphatic hydroxyl groups is 1. The molecule has 0 aliphatic carbocycles. The summed E-state index contributed by atoms with van der Waals surface area (Å²) in [5.41, 5.74) is 5.12. The van der Waals surface area contributed by atoms with Gasteiger partial charge in [-0.05, 0) is 51.0 Å². The highest BCUT2D eigenvalue weighted by atomic mass is 19.2. The van der Waals surface area contributed by atoms with Crippen molar-refractivity contribution in [2.45, 2.75) is 77.8 Å². The molecule has 2 bridgehead atoms. The van der Waals surface area contributed by atoms with Crippen molar-refractivity contribution in [3.8, 4) is 0 Å². The number of carbonyl (C=O) groups excluding carboxylic acids is 2. The number of amides is 2. The number of methoxy groups -OCH3 is 2. The second-order valence-electron chi connectivity index (χ2n) is 10.1. The van der Waals surface area contributed by atoms with Crippen LogP contribution in [0, 0.1) is 29.3 Å². The van der Waals surface area contributed by atoms with E-state index in [1.54, 1.807) is 32.9 Å². The van der Waals surface area contributed by atoms with Crippen LogP contribution in [0.5, 0.6) is 0 Å². The first-order valence-corrected chi connectivity index (χ1v) is 12.8. The lowest BCUT2D eigenvalue weighted by Crippen LogP contribution is -2.37. The van der Waals surface area contributed by atoms with Gasteiger partial charge in [-0.3, -0.25) is 4.79 Å². The topological polar surface area (TPSA) is 120 Å². The number of hydrogen-bond donors (Lipinski definition) is 3. The van der Waals surface area contributed by atoms with Crippen molar-refractivity contribution in [2.24, 2.45) is 17.6 Å². The normalized spacial score (nSPS) is 30.5. The van der Waals surface area contributed by atoms with Gasteiger partial charge in [0.1, 0.15) is 0 Å². The molecule has 11 heteroatoms. The SMILES string of the molecule is CO[C@H]1C[C@H](C)Cc2c(F)c(F)cc(c2F)NC(=O)/C(C)=C/CC[C@H](OC)[C@@H](OC(N)=O)/C(C)=C/[C@H](C)[C@H]1O. The zero-order chi connectivity index (χ0) is 29.4. The summed E-state index contributed by atoms with van der Waals surface area (Å²) in [5, 5.41) is 13.4. The van der Waals surface area contributed by atoms with Crippen LogP contribution in [0.3, 0.4) is 0 Å². The Hall–Kier alpha value is -2.89. The lowest BCUT2D eigenvalue weighted by Gasteiger charge is -2.30. The number of ether oxygens (including phenoxy) is 3. The summed E-state index contributed by atoms with van der Waals surface area (Å²) in [5.74, 6) is -5.30. The standard InChI is InChI=1S/C28H39F3N2O6/c1-14-10-18-23(30)19(29)13-20(24(18)31)33-27(35)15(2)8-7-9-21(37-5)26(39-28(32)36)17(4)12-16(3)25(34)22(11-14)38-6/h8,12-14,16,21-22,25-26,34H,7,9-11H2,1-6H3,(H2,32,36)(H,33,35)/b15-8+,17-12+/t14-,16+,21+,22+,25-,26+/m1/s1. The fraction of sp³-hybridized carbons (Fsp3) is 0.571. The number of hydrogen-bond acceptors (Lipinski definition) is 6. The van der Waals surface area contributed by atoms with E-state index >= 15 is 4.39 Å². The van der Waals surface area contributed by atoms with Crippen LogP contribution in [0.2, 0.25) is 0 Å². The van der Waals surface area contributed by atoms with Crippen LogP contribution in [-0.4, -0.2) is 55.7 Å². The molecule has 1 aliphatic rings. The Morgan fingerprint density at radius 2 is 1.74 bits per heavy atom. The minimum atomic E-state index is -1.33. The van der Waals surface area contributed by atoms with Crippen LogP contribution in [0.25, 0.3) is 0 Å². The Bertz CT molecular complexity index is 1090. The highest BCUT2D eigenvalue weighted by molar-refractivity contribution is 6.03. The molecule has 6 atom stereocenters. The molecule has 0 fully saturated rings. The van der Waals surface area contributed by atoms with Gasteiger partial charge in [-0.25, -0.2) is 18.0 Å². The monoisotopic (exact) mass is 556 g/mol. The van der Waals surface area contributed by atoms with Crippen LogP contribution in [0.4, 0.5) is 23.7 Å². The third-order valence-corrected chi connectivity index (χ3v) is 7.02. The van der Waals surface area contributed by atoms with E-state index < -0.39 is 77.0 Å². The molecule has 1 heterocycles. The second kappa shape index (κ2) is 14.5. The lowest BCUT2D eigenvalue weighted by atomic mass is 9.88. The number of nitrogens with one attached hydrogen (secondary N) is 1. The van der Waals surface area contributed by atoms with Crippen molar-refractivity contribution in [1.82, 2.24) is 0 Å². The molecular weight excluding hydrogens is 517 g/mol. The van der Waals surface area contributed by atoms with Crippen molar-refractivity contribution < 1.29 is 42.1 Å². The molecule has 0 spiro atoms. The van der Waals surface area contributed by atoms with Crippen molar-refractivity contribution in [2.75, 3.05) is 19.5 Å². The predicted molar refractivity (Wildman–Crippen MR) is 140 cm³/mol. The first-order chi connectivity index (χ1) is 18.3. The largest absolute Gasteiger partial charge is 0.439 e. The highest BCUT2D eigenvalue weighted by Crippen LogP contribution is 2.30. The number of fused-ring (bicyclic) bond motifs is 2. The minimum Gasteiger partial charge on any atom is -0.439 e. The molecule has 39 heavy (non-hydrogen) atoms. The predicted octanol–water partition coefficient (Wildman–Crippen LogP) is 4.79. The summed E-state index contributed by atoms with van der Waals surface area (Å²) in [4.78, 5) is 24.4. The Kier molecular flexibility index (Phi) is 12.0. The van der Waals surface area contributed by atoms with E-state index in [0.717, 1.165) is 0 Å². The fourth-order valence-electron chi connectivity index (χ4n) is 4.83. The van der Waals surface area contributed by atoms with Crippen LogP contribution in [0.1, 0.15) is 52.5 Å². The number of anilines is 1. The van der Waals surface area contributed by atoms with E-state index in [9.17, 15) is 23.5 Å². The van der Waals surface area contributed by atoms with Crippen LogP contribution >= 0.6 is 0 Å². The molecule has 4 N–H and O–H groups in total. The first-order valence-electron chi connectivity index (χ1n) is 12.8. The number of allylic oxidation sites excluding steroid dienone is 1. The number of benzene rings is 1. The Morgan fingerprint density at radius 3 is 2.33 bits per heavy atom.